The first-order chi connectivity index (χ1) is 9.60. The van der Waals surface area contributed by atoms with Gasteiger partial charge in [0.25, 0.3) is 0 Å². The van der Waals surface area contributed by atoms with Crippen LogP contribution in [0.1, 0.15) is 34.6 Å². The quantitative estimate of drug-likeness (QED) is 0.845. The topological polar surface area (TPSA) is 51.5 Å². The summed E-state index contributed by atoms with van der Waals surface area (Å²) >= 11 is 3.41. The van der Waals surface area contributed by atoms with Gasteiger partial charge >= 0.3 is 5.97 Å². The number of carbonyl (C=O) groups excluding carboxylic acids is 1. The molecule has 0 aliphatic rings. The predicted octanol–water partition coefficient (Wildman–Crippen LogP) is 3.68. The Balaban J connectivity index is 1.93. The van der Waals surface area contributed by atoms with E-state index in [1.54, 1.807) is 6.07 Å². The highest BCUT2D eigenvalue weighted by Crippen LogP contribution is 2.17. The summed E-state index contributed by atoms with van der Waals surface area (Å²) in [6.07, 6.45) is 1.41. The molecule has 1 heterocycles. The Morgan fingerprint density at radius 2 is 2.10 bits per heavy atom. The van der Waals surface area contributed by atoms with Crippen LogP contribution in [0.15, 0.2) is 45.5 Å². The molecular weight excluding hydrogens is 322 g/mol. The lowest BCUT2D eigenvalue weighted by atomic mass is 10.1. The summed E-state index contributed by atoms with van der Waals surface area (Å²) < 4.78 is 11.0. The molecule has 20 heavy (non-hydrogen) atoms. The molecule has 0 aliphatic carbocycles. The third-order valence-corrected chi connectivity index (χ3v) is 3.56. The Hall–Kier alpha value is -1.59. The van der Waals surface area contributed by atoms with E-state index in [1.165, 1.54) is 18.9 Å². The molecule has 0 unspecified atom stereocenters. The molecule has 5 heteroatoms. The van der Waals surface area contributed by atoms with E-state index in [-0.39, 0.29) is 12.0 Å². The summed E-state index contributed by atoms with van der Waals surface area (Å²) in [5, 5.41) is 3.34. The van der Waals surface area contributed by atoms with Gasteiger partial charge in [0.1, 0.15) is 12.0 Å². The van der Waals surface area contributed by atoms with Crippen molar-refractivity contribution in [3.05, 3.63) is 58.0 Å². The summed E-state index contributed by atoms with van der Waals surface area (Å²) in [5.41, 5.74) is 1.62. The number of halogens is 1. The number of hydrogen-bond acceptors (Lipinski definition) is 4. The van der Waals surface area contributed by atoms with Gasteiger partial charge in [0.2, 0.25) is 0 Å². The van der Waals surface area contributed by atoms with Gasteiger partial charge in [-0.3, -0.25) is 0 Å². The van der Waals surface area contributed by atoms with Crippen molar-refractivity contribution >= 4 is 21.9 Å². The fourth-order valence-electron chi connectivity index (χ4n) is 1.82. The average Bonchev–Trinajstić information content (AvgIpc) is 2.93. The average molecular weight is 338 g/mol. The van der Waals surface area contributed by atoms with Gasteiger partial charge in [-0.15, -0.1) is 0 Å². The van der Waals surface area contributed by atoms with Gasteiger partial charge in [-0.2, -0.15) is 0 Å². The molecular formula is C15H16BrNO3. The van der Waals surface area contributed by atoms with E-state index < -0.39 is 0 Å². The van der Waals surface area contributed by atoms with Crippen molar-refractivity contribution in [2.75, 3.05) is 7.11 Å². The molecule has 2 rings (SSSR count). The van der Waals surface area contributed by atoms with Crippen molar-refractivity contribution in [1.82, 2.24) is 5.32 Å². The fourth-order valence-corrected chi connectivity index (χ4v) is 2.09. The third kappa shape index (κ3) is 3.71. The summed E-state index contributed by atoms with van der Waals surface area (Å²) in [5.74, 6) is 0.315. The molecule has 1 aromatic carbocycles. The number of rotatable bonds is 5. The number of benzene rings is 1. The zero-order valence-electron chi connectivity index (χ0n) is 11.4. The standard InChI is InChI=1S/C15H16BrNO3/c1-10(11-3-5-13(16)6-4-11)17-8-14-7-12(9-20-14)15(18)19-2/h3-7,9-10,17H,8H2,1-2H3/t10-/m1/s1. The zero-order valence-corrected chi connectivity index (χ0v) is 12.9. The van der Waals surface area contributed by atoms with Crippen molar-refractivity contribution in [2.45, 2.75) is 19.5 Å². The van der Waals surface area contributed by atoms with Crippen LogP contribution in [0.3, 0.4) is 0 Å². The molecule has 0 saturated carbocycles. The Morgan fingerprint density at radius 1 is 1.40 bits per heavy atom. The van der Waals surface area contributed by atoms with Gasteiger partial charge in [0.15, 0.2) is 0 Å². The molecule has 1 aromatic heterocycles. The number of ether oxygens (including phenoxy) is 1. The normalized spacial score (nSPS) is 12.2. The van der Waals surface area contributed by atoms with E-state index in [0.29, 0.717) is 17.9 Å². The molecule has 1 N–H and O–H groups in total. The van der Waals surface area contributed by atoms with Crippen LogP contribution in [0.4, 0.5) is 0 Å². The Morgan fingerprint density at radius 3 is 2.75 bits per heavy atom. The molecule has 106 valence electrons. The lowest BCUT2D eigenvalue weighted by Crippen LogP contribution is -2.17. The largest absolute Gasteiger partial charge is 0.467 e. The van der Waals surface area contributed by atoms with Gasteiger partial charge in [-0.05, 0) is 30.7 Å². The Labute approximate surface area is 126 Å². The second kappa shape index (κ2) is 6.72. The highest BCUT2D eigenvalue weighted by molar-refractivity contribution is 9.10. The molecule has 0 bridgehead atoms. The SMILES string of the molecule is COC(=O)c1coc(CN[C@H](C)c2ccc(Br)cc2)c1. The number of furan rings is 1. The number of nitrogens with one attached hydrogen (secondary N) is 1. The lowest BCUT2D eigenvalue weighted by Gasteiger charge is -2.13. The van der Waals surface area contributed by atoms with E-state index in [1.807, 2.05) is 12.1 Å². The molecule has 0 saturated heterocycles. The van der Waals surface area contributed by atoms with Gasteiger partial charge in [-0.25, -0.2) is 4.79 Å². The van der Waals surface area contributed by atoms with Crippen LogP contribution in [0, 0.1) is 0 Å². The zero-order chi connectivity index (χ0) is 14.5. The van der Waals surface area contributed by atoms with Crippen LogP contribution in [0.2, 0.25) is 0 Å². The monoisotopic (exact) mass is 337 g/mol. The Kier molecular flexibility index (Phi) is 4.98. The minimum absolute atomic E-state index is 0.190. The maximum absolute atomic E-state index is 11.3. The molecule has 0 spiro atoms. The smallest absolute Gasteiger partial charge is 0.341 e. The summed E-state index contributed by atoms with van der Waals surface area (Å²) in [6.45, 7) is 2.63. The summed E-state index contributed by atoms with van der Waals surface area (Å²) in [7, 11) is 1.35. The van der Waals surface area contributed by atoms with Gasteiger partial charge in [-0.1, -0.05) is 28.1 Å². The number of methoxy groups -OCH3 is 1. The van der Waals surface area contributed by atoms with Crippen molar-refractivity contribution in [1.29, 1.82) is 0 Å². The first-order valence-electron chi connectivity index (χ1n) is 6.24. The summed E-state index contributed by atoms with van der Waals surface area (Å²) in [6, 6.07) is 10.0. The molecule has 0 aliphatic heterocycles. The van der Waals surface area contributed by atoms with Crippen molar-refractivity contribution in [3.63, 3.8) is 0 Å². The number of carbonyl (C=O) groups is 1. The number of hydrogen-bond donors (Lipinski definition) is 1. The minimum atomic E-state index is -0.388. The first-order valence-corrected chi connectivity index (χ1v) is 7.04. The third-order valence-electron chi connectivity index (χ3n) is 3.03. The van der Waals surface area contributed by atoms with Crippen LogP contribution in [-0.4, -0.2) is 13.1 Å². The van der Waals surface area contributed by atoms with Crippen molar-refractivity contribution in [2.24, 2.45) is 0 Å². The minimum Gasteiger partial charge on any atom is -0.467 e. The van der Waals surface area contributed by atoms with Crippen LogP contribution in [0.25, 0.3) is 0 Å². The highest BCUT2D eigenvalue weighted by Gasteiger charge is 2.11. The lowest BCUT2D eigenvalue weighted by molar-refractivity contribution is 0.0600. The number of esters is 1. The maximum atomic E-state index is 11.3. The van der Waals surface area contributed by atoms with Gasteiger partial charge in [0.05, 0.1) is 19.2 Å². The maximum Gasteiger partial charge on any atom is 0.341 e. The van der Waals surface area contributed by atoms with Gasteiger partial charge < -0.3 is 14.5 Å². The highest BCUT2D eigenvalue weighted by atomic mass is 79.9. The predicted molar refractivity (Wildman–Crippen MR) is 79.4 cm³/mol. The van der Waals surface area contributed by atoms with E-state index >= 15 is 0 Å². The van der Waals surface area contributed by atoms with Crippen molar-refractivity contribution in [3.8, 4) is 0 Å². The van der Waals surface area contributed by atoms with Crippen LogP contribution < -0.4 is 5.32 Å². The van der Waals surface area contributed by atoms with E-state index in [2.05, 4.69) is 45.0 Å². The first kappa shape index (κ1) is 14.8. The van der Waals surface area contributed by atoms with E-state index in [4.69, 9.17) is 4.42 Å². The Bertz CT molecular complexity index is 577. The second-order valence-corrected chi connectivity index (χ2v) is 5.36. The molecule has 1 atom stereocenters. The molecule has 0 fully saturated rings. The molecule has 0 amide bonds. The van der Waals surface area contributed by atoms with Crippen LogP contribution in [0.5, 0.6) is 0 Å². The molecule has 2 aromatic rings. The fraction of sp³-hybridized carbons (Fsp3) is 0.267. The summed E-state index contributed by atoms with van der Waals surface area (Å²) in [4.78, 5) is 11.3. The second-order valence-electron chi connectivity index (χ2n) is 4.45. The van der Waals surface area contributed by atoms with Crippen LogP contribution >= 0.6 is 15.9 Å². The molecule has 4 nitrogen and oxygen atoms in total. The molecule has 0 radical (unpaired) electrons. The van der Waals surface area contributed by atoms with Crippen molar-refractivity contribution < 1.29 is 13.9 Å². The van der Waals surface area contributed by atoms with E-state index in [0.717, 1.165) is 4.47 Å². The van der Waals surface area contributed by atoms with Gasteiger partial charge in [0, 0.05) is 10.5 Å². The van der Waals surface area contributed by atoms with Crippen LogP contribution in [-0.2, 0) is 11.3 Å². The van der Waals surface area contributed by atoms with E-state index in [9.17, 15) is 4.79 Å².